The zero-order valence-corrected chi connectivity index (χ0v) is 10.2. The van der Waals surface area contributed by atoms with Gasteiger partial charge >= 0.3 is 0 Å². The predicted molar refractivity (Wildman–Crippen MR) is 62.1 cm³/mol. The number of ether oxygens (including phenoxy) is 1. The Hall–Kier alpha value is -0.610. The van der Waals surface area contributed by atoms with Crippen LogP contribution in [0, 0.1) is 11.3 Å². The van der Waals surface area contributed by atoms with Crippen molar-refractivity contribution in [1.29, 1.82) is 0 Å². The first-order valence-electron chi connectivity index (χ1n) is 6.17. The molecule has 1 amide bonds. The molecule has 1 unspecified atom stereocenters. The van der Waals surface area contributed by atoms with Crippen molar-refractivity contribution in [2.24, 2.45) is 11.3 Å². The van der Waals surface area contributed by atoms with Crippen LogP contribution >= 0.6 is 0 Å². The molecule has 0 radical (unpaired) electrons. The van der Waals surface area contributed by atoms with Gasteiger partial charge in [-0.2, -0.15) is 0 Å². The summed E-state index contributed by atoms with van der Waals surface area (Å²) >= 11 is 0. The first-order chi connectivity index (χ1) is 7.66. The van der Waals surface area contributed by atoms with Gasteiger partial charge in [-0.15, -0.1) is 0 Å². The summed E-state index contributed by atoms with van der Waals surface area (Å²) in [5.74, 6) is 0.946. The van der Waals surface area contributed by atoms with E-state index in [1.54, 1.807) is 7.11 Å². The summed E-state index contributed by atoms with van der Waals surface area (Å²) in [6.45, 7) is 4.41. The lowest BCUT2D eigenvalue weighted by molar-refractivity contribution is -0.134. The largest absolute Gasteiger partial charge is 0.384 e. The molecule has 1 saturated carbocycles. The third-order valence-electron chi connectivity index (χ3n) is 3.86. The average Bonchev–Trinajstić information content (AvgIpc) is 2.66. The molecule has 1 atom stereocenters. The van der Waals surface area contributed by atoms with E-state index in [1.165, 1.54) is 0 Å². The highest BCUT2D eigenvalue weighted by molar-refractivity contribution is 5.83. The lowest BCUT2D eigenvalue weighted by Crippen LogP contribution is -2.52. The molecule has 1 saturated heterocycles. The molecule has 0 aromatic carbocycles. The van der Waals surface area contributed by atoms with Crippen molar-refractivity contribution in [3.8, 4) is 0 Å². The second-order valence-corrected chi connectivity index (χ2v) is 5.39. The molecule has 2 aliphatic rings. The maximum Gasteiger partial charge on any atom is 0.230 e. The van der Waals surface area contributed by atoms with E-state index < -0.39 is 0 Å². The predicted octanol–water partition coefficient (Wildman–Crippen LogP) is 0.527. The van der Waals surface area contributed by atoms with Crippen LogP contribution in [0.5, 0.6) is 0 Å². The summed E-state index contributed by atoms with van der Waals surface area (Å²) in [5.41, 5.74) is -0.326. The molecule has 0 aromatic rings. The molecule has 92 valence electrons. The summed E-state index contributed by atoms with van der Waals surface area (Å²) in [4.78, 5) is 12.2. The fourth-order valence-corrected chi connectivity index (χ4v) is 2.76. The topological polar surface area (TPSA) is 50.4 Å². The fraction of sp³-hybridized carbons (Fsp3) is 0.917. The lowest BCUT2D eigenvalue weighted by atomic mass is 9.80. The molecule has 2 N–H and O–H groups in total. The monoisotopic (exact) mass is 226 g/mol. The van der Waals surface area contributed by atoms with Crippen LogP contribution in [-0.4, -0.2) is 38.8 Å². The zero-order valence-electron chi connectivity index (χ0n) is 10.2. The van der Waals surface area contributed by atoms with Gasteiger partial charge in [-0.3, -0.25) is 4.79 Å². The normalized spacial score (nSPS) is 38.1. The van der Waals surface area contributed by atoms with Gasteiger partial charge in [-0.05, 0) is 31.7 Å². The highest BCUT2D eigenvalue weighted by Gasteiger charge is 2.42. The van der Waals surface area contributed by atoms with Crippen LogP contribution in [0.25, 0.3) is 0 Å². The number of hydrogen-bond acceptors (Lipinski definition) is 3. The van der Waals surface area contributed by atoms with Gasteiger partial charge in [0, 0.05) is 19.7 Å². The molecule has 0 bridgehead atoms. The highest BCUT2D eigenvalue weighted by Crippen LogP contribution is 2.30. The van der Waals surface area contributed by atoms with Gasteiger partial charge in [0.15, 0.2) is 0 Å². The Kier molecular flexibility index (Phi) is 3.50. The minimum atomic E-state index is -0.326. The van der Waals surface area contributed by atoms with E-state index in [0.29, 0.717) is 12.6 Å². The molecular weight excluding hydrogens is 204 g/mol. The third kappa shape index (κ3) is 2.23. The first-order valence-corrected chi connectivity index (χ1v) is 6.17. The van der Waals surface area contributed by atoms with Crippen molar-refractivity contribution in [2.45, 2.75) is 32.2 Å². The molecule has 1 aliphatic carbocycles. The molecule has 0 spiro atoms. The van der Waals surface area contributed by atoms with Crippen LogP contribution in [0.3, 0.4) is 0 Å². The van der Waals surface area contributed by atoms with Crippen molar-refractivity contribution in [1.82, 2.24) is 10.6 Å². The standard InChI is InChI=1S/C12H22N2O2/c1-9-5-10(6-9)14-11(15)12(8-16-2)3-4-13-7-12/h9-10,13H,3-8H2,1-2H3,(H,14,15). The van der Waals surface area contributed by atoms with Gasteiger partial charge < -0.3 is 15.4 Å². The van der Waals surface area contributed by atoms with E-state index in [9.17, 15) is 4.79 Å². The van der Waals surface area contributed by atoms with Crippen molar-refractivity contribution in [2.75, 3.05) is 26.8 Å². The van der Waals surface area contributed by atoms with E-state index in [0.717, 1.165) is 38.3 Å². The Morgan fingerprint density at radius 1 is 1.56 bits per heavy atom. The quantitative estimate of drug-likeness (QED) is 0.735. The molecule has 16 heavy (non-hydrogen) atoms. The van der Waals surface area contributed by atoms with Crippen LogP contribution in [0.4, 0.5) is 0 Å². The van der Waals surface area contributed by atoms with Crippen LogP contribution in [0.1, 0.15) is 26.2 Å². The van der Waals surface area contributed by atoms with Crippen molar-refractivity contribution in [3.05, 3.63) is 0 Å². The SMILES string of the molecule is COCC1(C(=O)NC2CC(C)C2)CCNC1. The average molecular weight is 226 g/mol. The Labute approximate surface area is 97.1 Å². The van der Waals surface area contributed by atoms with Gasteiger partial charge in [0.1, 0.15) is 0 Å². The maximum absolute atomic E-state index is 12.2. The number of rotatable bonds is 4. The van der Waals surface area contributed by atoms with Crippen LogP contribution < -0.4 is 10.6 Å². The van der Waals surface area contributed by atoms with Crippen molar-refractivity contribution >= 4 is 5.91 Å². The molecule has 4 heteroatoms. The minimum absolute atomic E-state index is 0.177. The van der Waals surface area contributed by atoms with Gasteiger partial charge in [-0.25, -0.2) is 0 Å². The molecule has 2 fully saturated rings. The fourth-order valence-electron chi connectivity index (χ4n) is 2.76. The summed E-state index contributed by atoms with van der Waals surface area (Å²) in [7, 11) is 1.67. The summed E-state index contributed by atoms with van der Waals surface area (Å²) < 4.78 is 5.20. The Morgan fingerprint density at radius 2 is 2.31 bits per heavy atom. The molecule has 0 aromatic heterocycles. The Bertz CT molecular complexity index is 256. The van der Waals surface area contributed by atoms with Crippen LogP contribution in [-0.2, 0) is 9.53 Å². The maximum atomic E-state index is 12.2. The first kappa shape index (κ1) is 11.9. The summed E-state index contributed by atoms with van der Waals surface area (Å²) in [5, 5.41) is 6.41. The Balaban J connectivity index is 1.90. The molecule has 1 aliphatic heterocycles. The van der Waals surface area contributed by atoms with Gasteiger partial charge in [0.05, 0.1) is 12.0 Å². The highest BCUT2D eigenvalue weighted by atomic mass is 16.5. The van der Waals surface area contributed by atoms with Gasteiger partial charge in [0.25, 0.3) is 0 Å². The summed E-state index contributed by atoms with van der Waals surface area (Å²) in [6, 6.07) is 0.400. The summed E-state index contributed by atoms with van der Waals surface area (Å²) in [6.07, 6.45) is 3.14. The molecule has 2 rings (SSSR count). The number of carbonyl (C=O) groups is 1. The van der Waals surface area contributed by atoms with E-state index in [1.807, 2.05) is 0 Å². The third-order valence-corrected chi connectivity index (χ3v) is 3.86. The molecule has 1 heterocycles. The number of nitrogens with one attached hydrogen (secondary N) is 2. The second kappa shape index (κ2) is 4.72. The number of hydrogen-bond donors (Lipinski definition) is 2. The van der Waals surface area contributed by atoms with Gasteiger partial charge in [-0.1, -0.05) is 6.92 Å². The smallest absolute Gasteiger partial charge is 0.230 e. The minimum Gasteiger partial charge on any atom is -0.384 e. The molecule has 4 nitrogen and oxygen atoms in total. The Morgan fingerprint density at radius 3 is 2.81 bits per heavy atom. The van der Waals surface area contributed by atoms with E-state index in [4.69, 9.17) is 4.74 Å². The number of methoxy groups -OCH3 is 1. The lowest BCUT2D eigenvalue weighted by Gasteiger charge is -2.36. The number of amides is 1. The van der Waals surface area contributed by atoms with E-state index in [2.05, 4.69) is 17.6 Å². The van der Waals surface area contributed by atoms with Crippen LogP contribution in [0.2, 0.25) is 0 Å². The van der Waals surface area contributed by atoms with E-state index in [-0.39, 0.29) is 11.3 Å². The second-order valence-electron chi connectivity index (χ2n) is 5.39. The van der Waals surface area contributed by atoms with Crippen molar-refractivity contribution in [3.63, 3.8) is 0 Å². The van der Waals surface area contributed by atoms with Crippen molar-refractivity contribution < 1.29 is 9.53 Å². The number of carbonyl (C=O) groups excluding carboxylic acids is 1. The van der Waals surface area contributed by atoms with E-state index >= 15 is 0 Å². The van der Waals surface area contributed by atoms with Gasteiger partial charge in [0.2, 0.25) is 5.91 Å². The zero-order chi connectivity index (χ0) is 11.6. The van der Waals surface area contributed by atoms with Crippen LogP contribution in [0.15, 0.2) is 0 Å². The molecular formula is C12H22N2O2.